The monoisotopic (exact) mass is 371 g/mol. The summed E-state index contributed by atoms with van der Waals surface area (Å²) >= 11 is 2.31. The number of nitrogens with zero attached hydrogens (tertiary/aromatic N) is 2. The first-order valence-corrected chi connectivity index (χ1v) is 7.53. The second-order valence-electron chi connectivity index (χ2n) is 4.56. The van der Waals surface area contributed by atoms with Gasteiger partial charge in [0.15, 0.2) is 0 Å². The van der Waals surface area contributed by atoms with Crippen molar-refractivity contribution >= 4 is 22.6 Å². The second kappa shape index (κ2) is 6.47. The highest BCUT2D eigenvalue weighted by Gasteiger charge is 2.16. The number of aryl methyl sites for hydroxylation is 1. The number of benzene rings is 1. The molecule has 1 unspecified atom stereocenters. The summed E-state index contributed by atoms with van der Waals surface area (Å²) in [6.45, 7) is 7.19. The molecule has 1 atom stereocenters. The van der Waals surface area contributed by atoms with E-state index < -0.39 is 0 Å². The largest absolute Gasteiger partial charge is 0.419 e. The number of nitrogens with one attached hydrogen (secondary N) is 1. The van der Waals surface area contributed by atoms with Crippen LogP contribution >= 0.6 is 22.6 Å². The lowest BCUT2D eigenvalue weighted by atomic mass is 10.1. The van der Waals surface area contributed by atoms with Gasteiger partial charge < -0.3 is 9.73 Å². The Hall–Kier alpha value is -0.950. The quantitative estimate of drug-likeness (QED) is 0.815. The van der Waals surface area contributed by atoms with Gasteiger partial charge in [0.2, 0.25) is 11.8 Å². The maximum absolute atomic E-state index is 5.77. The van der Waals surface area contributed by atoms with Crippen LogP contribution in [0.4, 0.5) is 0 Å². The van der Waals surface area contributed by atoms with Gasteiger partial charge >= 0.3 is 0 Å². The van der Waals surface area contributed by atoms with Crippen LogP contribution in [0.15, 0.2) is 22.6 Å². The van der Waals surface area contributed by atoms with Crippen molar-refractivity contribution in [1.29, 1.82) is 0 Å². The third-order valence-electron chi connectivity index (χ3n) is 2.93. The van der Waals surface area contributed by atoms with E-state index in [0.717, 1.165) is 22.1 Å². The minimum Gasteiger partial charge on any atom is -0.419 e. The first-order valence-electron chi connectivity index (χ1n) is 6.45. The van der Waals surface area contributed by atoms with Crippen molar-refractivity contribution in [2.45, 2.75) is 33.2 Å². The maximum atomic E-state index is 5.77. The van der Waals surface area contributed by atoms with Gasteiger partial charge in [-0.05, 0) is 61.0 Å². The van der Waals surface area contributed by atoms with Gasteiger partial charge in [0.25, 0.3) is 0 Å². The molecule has 0 saturated heterocycles. The Morgan fingerprint density at radius 3 is 2.89 bits per heavy atom. The minimum atomic E-state index is 0.0867. The molecule has 5 heteroatoms. The molecule has 0 aliphatic carbocycles. The van der Waals surface area contributed by atoms with Crippen molar-refractivity contribution in [3.63, 3.8) is 0 Å². The van der Waals surface area contributed by atoms with Crippen molar-refractivity contribution in [3.8, 4) is 11.5 Å². The summed E-state index contributed by atoms with van der Waals surface area (Å²) in [6, 6.07) is 6.18. The Morgan fingerprint density at radius 1 is 1.37 bits per heavy atom. The lowest BCUT2D eigenvalue weighted by molar-refractivity contribution is 0.423. The molecule has 1 aromatic heterocycles. The Kier molecular flexibility index (Phi) is 4.93. The Morgan fingerprint density at radius 2 is 2.16 bits per heavy atom. The molecule has 0 bridgehead atoms. The highest BCUT2D eigenvalue weighted by molar-refractivity contribution is 14.1. The third-order valence-corrected chi connectivity index (χ3v) is 4.37. The molecular formula is C14H18IN3O. The molecule has 0 spiro atoms. The highest BCUT2D eigenvalue weighted by atomic mass is 127. The predicted molar refractivity (Wildman–Crippen MR) is 83.9 cm³/mol. The summed E-state index contributed by atoms with van der Waals surface area (Å²) in [5.74, 6) is 1.23. The van der Waals surface area contributed by atoms with E-state index >= 15 is 0 Å². The molecule has 0 amide bonds. The highest BCUT2D eigenvalue weighted by Crippen LogP contribution is 2.27. The SMILES string of the molecule is CCCNC(C)c1nnc(-c2cccc(C)c2I)o1. The van der Waals surface area contributed by atoms with Gasteiger partial charge in [-0.2, -0.15) is 0 Å². The molecule has 1 heterocycles. The average molecular weight is 371 g/mol. The smallest absolute Gasteiger partial charge is 0.248 e. The molecule has 2 rings (SSSR count). The van der Waals surface area contributed by atoms with Crippen molar-refractivity contribution in [1.82, 2.24) is 15.5 Å². The second-order valence-corrected chi connectivity index (χ2v) is 5.64. The Labute approximate surface area is 127 Å². The van der Waals surface area contributed by atoms with Crippen LogP contribution in [0, 0.1) is 10.5 Å². The first-order chi connectivity index (χ1) is 9.13. The Balaban J connectivity index is 2.23. The van der Waals surface area contributed by atoms with Crippen LogP contribution in [-0.4, -0.2) is 16.7 Å². The lowest BCUT2D eigenvalue weighted by Crippen LogP contribution is -2.19. The van der Waals surface area contributed by atoms with Crippen molar-refractivity contribution in [3.05, 3.63) is 33.2 Å². The van der Waals surface area contributed by atoms with E-state index in [9.17, 15) is 0 Å². The molecule has 4 nitrogen and oxygen atoms in total. The molecule has 1 aromatic carbocycles. The molecular weight excluding hydrogens is 353 g/mol. The molecule has 1 N–H and O–H groups in total. The van der Waals surface area contributed by atoms with Crippen molar-refractivity contribution in [2.24, 2.45) is 0 Å². The van der Waals surface area contributed by atoms with Crippen LogP contribution in [-0.2, 0) is 0 Å². The van der Waals surface area contributed by atoms with Gasteiger partial charge in [-0.25, -0.2) is 0 Å². The predicted octanol–water partition coefficient (Wildman–Crippen LogP) is 3.71. The average Bonchev–Trinajstić information content (AvgIpc) is 2.88. The Bertz CT molecular complexity index is 553. The van der Waals surface area contributed by atoms with E-state index in [4.69, 9.17) is 4.42 Å². The van der Waals surface area contributed by atoms with Crippen LogP contribution in [0.5, 0.6) is 0 Å². The fourth-order valence-electron chi connectivity index (χ4n) is 1.78. The third kappa shape index (κ3) is 3.33. The molecule has 0 fully saturated rings. The summed E-state index contributed by atoms with van der Waals surface area (Å²) in [5, 5.41) is 11.6. The summed E-state index contributed by atoms with van der Waals surface area (Å²) in [5.41, 5.74) is 2.22. The van der Waals surface area contributed by atoms with E-state index in [0.29, 0.717) is 11.8 Å². The molecule has 19 heavy (non-hydrogen) atoms. The van der Waals surface area contributed by atoms with E-state index in [1.165, 1.54) is 5.56 Å². The summed E-state index contributed by atoms with van der Waals surface area (Å²) in [4.78, 5) is 0. The normalized spacial score (nSPS) is 12.6. The number of hydrogen-bond acceptors (Lipinski definition) is 4. The van der Waals surface area contributed by atoms with E-state index in [1.807, 2.05) is 19.1 Å². The number of rotatable bonds is 5. The minimum absolute atomic E-state index is 0.0867. The topological polar surface area (TPSA) is 51.0 Å². The molecule has 0 aliphatic heterocycles. The van der Waals surface area contributed by atoms with Gasteiger partial charge in [-0.1, -0.05) is 19.1 Å². The summed E-state index contributed by atoms with van der Waals surface area (Å²) in [6.07, 6.45) is 1.08. The zero-order valence-electron chi connectivity index (χ0n) is 11.4. The number of halogens is 1. The number of hydrogen-bond donors (Lipinski definition) is 1. The molecule has 2 aromatic rings. The molecule has 102 valence electrons. The van der Waals surface area contributed by atoms with Gasteiger partial charge in [0.1, 0.15) is 0 Å². The number of aromatic nitrogens is 2. The van der Waals surface area contributed by atoms with E-state index in [-0.39, 0.29) is 6.04 Å². The molecule has 0 radical (unpaired) electrons. The van der Waals surface area contributed by atoms with Crippen LogP contribution in [0.1, 0.15) is 37.8 Å². The van der Waals surface area contributed by atoms with Gasteiger partial charge in [0.05, 0.1) is 11.6 Å². The van der Waals surface area contributed by atoms with Crippen molar-refractivity contribution in [2.75, 3.05) is 6.54 Å². The van der Waals surface area contributed by atoms with Crippen LogP contribution < -0.4 is 5.32 Å². The van der Waals surface area contributed by atoms with Crippen molar-refractivity contribution < 1.29 is 4.42 Å². The fourth-order valence-corrected chi connectivity index (χ4v) is 2.37. The summed E-state index contributed by atoms with van der Waals surface area (Å²) < 4.78 is 6.93. The zero-order valence-corrected chi connectivity index (χ0v) is 13.6. The van der Waals surface area contributed by atoms with Gasteiger partial charge in [-0.3, -0.25) is 0 Å². The van der Waals surface area contributed by atoms with Crippen LogP contribution in [0.2, 0.25) is 0 Å². The molecule has 0 saturated carbocycles. The zero-order chi connectivity index (χ0) is 13.8. The lowest BCUT2D eigenvalue weighted by Gasteiger charge is -2.07. The van der Waals surface area contributed by atoms with Crippen LogP contribution in [0.25, 0.3) is 11.5 Å². The maximum Gasteiger partial charge on any atom is 0.248 e. The molecule has 0 aliphatic rings. The standard InChI is InChI=1S/C14H18IN3O/c1-4-8-16-10(3)13-17-18-14(19-13)11-7-5-6-9(2)12(11)15/h5-7,10,16H,4,8H2,1-3H3. The van der Waals surface area contributed by atoms with E-state index in [1.54, 1.807) is 0 Å². The summed E-state index contributed by atoms with van der Waals surface area (Å²) in [7, 11) is 0. The van der Waals surface area contributed by atoms with Gasteiger partial charge in [0, 0.05) is 3.57 Å². The fraction of sp³-hybridized carbons (Fsp3) is 0.429. The van der Waals surface area contributed by atoms with E-state index in [2.05, 4.69) is 58.0 Å². The van der Waals surface area contributed by atoms with Crippen LogP contribution in [0.3, 0.4) is 0 Å². The van der Waals surface area contributed by atoms with Gasteiger partial charge in [-0.15, -0.1) is 10.2 Å². The first kappa shape index (κ1) is 14.5.